The van der Waals surface area contributed by atoms with Gasteiger partial charge in [0.25, 0.3) is 5.56 Å². The quantitative estimate of drug-likeness (QED) is 0.425. The van der Waals surface area contributed by atoms with E-state index in [4.69, 9.17) is 4.98 Å². The number of nitrogens with zero attached hydrogens (tertiary/aromatic N) is 5. The number of fused-ring (bicyclic) bond motifs is 1. The van der Waals surface area contributed by atoms with Crippen molar-refractivity contribution in [2.75, 3.05) is 18.0 Å². The second-order valence-corrected chi connectivity index (χ2v) is 9.35. The number of carbonyl (C=O) groups excluding carboxylic acids is 1. The van der Waals surface area contributed by atoms with Crippen molar-refractivity contribution in [3.05, 3.63) is 95.2 Å². The van der Waals surface area contributed by atoms with Crippen LogP contribution in [-0.4, -0.2) is 38.4 Å². The highest BCUT2D eigenvalue weighted by Crippen LogP contribution is 2.30. The van der Waals surface area contributed by atoms with Gasteiger partial charge in [0.15, 0.2) is 5.78 Å². The lowest BCUT2D eigenvalue weighted by Gasteiger charge is -2.40. The van der Waals surface area contributed by atoms with Crippen molar-refractivity contribution < 1.29 is 4.79 Å². The van der Waals surface area contributed by atoms with Crippen LogP contribution >= 0.6 is 0 Å². The highest BCUT2D eigenvalue weighted by molar-refractivity contribution is 5.99. The van der Waals surface area contributed by atoms with Crippen LogP contribution in [0, 0.1) is 5.41 Å². The maximum Gasteiger partial charge on any atom is 0.255 e. The van der Waals surface area contributed by atoms with Gasteiger partial charge in [-0.3, -0.25) is 14.2 Å². The van der Waals surface area contributed by atoms with Crippen molar-refractivity contribution in [3.63, 3.8) is 0 Å². The zero-order valence-electron chi connectivity index (χ0n) is 19.2. The Labute approximate surface area is 197 Å². The van der Waals surface area contributed by atoms with Crippen LogP contribution < -0.4 is 10.5 Å². The third-order valence-corrected chi connectivity index (χ3v) is 5.97. The topological polar surface area (TPSA) is 81.0 Å². The molecular formula is C27H25N5O2. The molecule has 0 fully saturated rings. The summed E-state index contributed by atoms with van der Waals surface area (Å²) in [6, 6.07) is 20.9. The number of hydrogen-bond donors (Lipinski definition) is 0. The number of carbonyl (C=O) groups is 1. The van der Waals surface area contributed by atoms with Gasteiger partial charge in [-0.2, -0.15) is 0 Å². The van der Waals surface area contributed by atoms with E-state index in [0.717, 1.165) is 11.1 Å². The molecule has 3 heterocycles. The summed E-state index contributed by atoms with van der Waals surface area (Å²) in [4.78, 5) is 41.0. The summed E-state index contributed by atoms with van der Waals surface area (Å²) in [6.45, 7) is 5.46. The summed E-state index contributed by atoms with van der Waals surface area (Å²) in [5.41, 5.74) is 3.50. The van der Waals surface area contributed by atoms with Crippen molar-refractivity contribution in [2.24, 2.45) is 5.41 Å². The molecule has 2 aromatic carbocycles. The fourth-order valence-electron chi connectivity index (χ4n) is 4.39. The standard InChI is InChI=1S/C27H25N5O2/c1-27(2)16-31(15-24(33)21-10-8-20(9-11-21)19-6-4-3-5-7-19)26-30-23(14-25(34)32(26)17-27)22-12-13-28-18-29-22/h3-14,18H,15-17H2,1-2H3. The molecule has 0 amide bonds. The van der Waals surface area contributed by atoms with Crippen molar-refractivity contribution in [2.45, 2.75) is 20.4 Å². The number of aromatic nitrogens is 4. The molecule has 0 saturated heterocycles. The highest BCUT2D eigenvalue weighted by atomic mass is 16.1. The minimum Gasteiger partial charge on any atom is -0.334 e. The first-order valence-corrected chi connectivity index (χ1v) is 11.2. The molecule has 2 aromatic heterocycles. The van der Waals surface area contributed by atoms with Crippen LogP contribution in [0.1, 0.15) is 24.2 Å². The second kappa shape index (κ2) is 8.67. The van der Waals surface area contributed by atoms with Crippen LogP contribution in [0.3, 0.4) is 0 Å². The number of hydrogen-bond acceptors (Lipinski definition) is 6. The van der Waals surface area contributed by atoms with E-state index < -0.39 is 0 Å². The third kappa shape index (κ3) is 4.37. The molecule has 170 valence electrons. The Morgan fingerprint density at radius 2 is 1.68 bits per heavy atom. The number of Topliss-reactive ketones (excluding diaryl/α,β-unsaturated/α-hetero) is 1. The summed E-state index contributed by atoms with van der Waals surface area (Å²) >= 11 is 0. The molecule has 0 aliphatic carbocycles. The van der Waals surface area contributed by atoms with E-state index in [1.807, 2.05) is 59.5 Å². The fourth-order valence-corrected chi connectivity index (χ4v) is 4.39. The molecule has 1 aliphatic heterocycles. The molecule has 34 heavy (non-hydrogen) atoms. The lowest BCUT2D eigenvalue weighted by atomic mass is 9.90. The van der Waals surface area contributed by atoms with Crippen molar-refractivity contribution in [1.29, 1.82) is 0 Å². The lowest BCUT2D eigenvalue weighted by molar-refractivity contribution is 0.0993. The van der Waals surface area contributed by atoms with E-state index in [-0.39, 0.29) is 23.3 Å². The minimum atomic E-state index is -0.188. The number of anilines is 1. The van der Waals surface area contributed by atoms with Gasteiger partial charge in [-0.25, -0.2) is 15.0 Å². The van der Waals surface area contributed by atoms with Gasteiger partial charge in [0.05, 0.1) is 17.9 Å². The molecule has 5 rings (SSSR count). The van der Waals surface area contributed by atoms with Crippen LogP contribution in [-0.2, 0) is 6.54 Å². The molecule has 0 unspecified atom stereocenters. The zero-order valence-corrected chi connectivity index (χ0v) is 19.2. The van der Waals surface area contributed by atoms with E-state index in [1.165, 1.54) is 12.4 Å². The van der Waals surface area contributed by atoms with Crippen LogP contribution in [0.25, 0.3) is 22.5 Å². The monoisotopic (exact) mass is 451 g/mol. The van der Waals surface area contributed by atoms with Gasteiger partial charge in [0.2, 0.25) is 5.95 Å². The molecule has 1 aliphatic rings. The lowest BCUT2D eigenvalue weighted by Crippen LogP contribution is -2.49. The van der Waals surface area contributed by atoms with E-state index in [2.05, 4.69) is 23.8 Å². The van der Waals surface area contributed by atoms with Crippen molar-refractivity contribution >= 4 is 11.7 Å². The number of rotatable bonds is 5. The van der Waals surface area contributed by atoms with Crippen molar-refractivity contribution in [3.8, 4) is 22.5 Å². The van der Waals surface area contributed by atoms with Crippen LogP contribution in [0.2, 0.25) is 0 Å². The average molecular weight is 452 g/mol. The summed E-state index contributed by atoms with van der Waals surface area (Å²) in [5.74, 6) is 0.472. The summed E-state index contributed by atoms with van der Waals surface area (Å²) in [6.07, 6.45) is 3.04. The number of ketones is 1. The third-order valence-electron chi connectivity index (χ3n) is 5.97. The summed E-state index contributed by atoms with van der Waals surface area (Å²) < 4.78 is 1.65. The Balaban J connectivity index is 1.45. The molecule has 0 atom stereocenters. The molecular weight excluding hydrogens is 426 g/mol. The molecule has 4 aromatic rings. The van der Waals surface area contributed by atoms with Gasteiger partial charge >= 0.3 is 0 Å². The number of benzene rings is 2. The molecule has 0 saturated carbocycles. The van der Waals surface area contributed by atoms with Gasteiger partial charge in [-0.05, 0) is 17.2 Å². The first-order valence-electron chi connectivity index (χ1n) is 11.2. The van der Waals surface area contributed by atoms with E-state index >= 15 is 0 Å². The average Bonchev–Trinajstić information content (AvgIpc) is 2.85. The Kier molecular flexibility index (Phi) is 5.53. The summed E-state index contributed by atoms with van der Waals surface area (Å²) in [7, 11) is 0. The maximum atomic E-state index is 13.2. The Bertz CT molecular complexity index is 1380. The predicted octanol–water partition coefficient (Wildman–Crippen LogP) is 4.10. The largest absolute Gasteiger partial charge is 0.334 e. The molecule has 7 heteroatoms. The minimum absolute atomic E-state index is 0.0226. The molecule has 0 radical (unpaired) electrons. The maximum absolute atomic E-state index is 13.2. The smallest absolute Gasteiger partial charge is 0.255 e. The Morgan fingerprint density at radius 1 is 0.941 bits per heavy atom. The Hall–Kier alpha value is -4.13. The first-order chi connectivity index (χ1) is 16.4. The summed E-state index contributed by atoms with van der Waals surface area (Å²) in [5, 5.41) is 0. The van der Waals surface area contributed by atoms with E-state index in [9.17, 15) is 9.59 Å². The fraction of sp³-hybridized carbons (Fsp3) is 0.222. The molecule has 0 bridgehead atoms. The second-order valence-electron chi connectivity index (χ2n) is 9.35. The highest BCUT2D eigenvalue weighted by Gasteiger charge is 2.33. The van der Waals surface area contributed by atoms with E-state index in [0.29, 0.717) is 36.0 Å². The molecule has 7 nitrogen and oxygen atoms in total. The zero-order chi connectivity index (χ0) is 23.7. The van der Waals surface area contributed by atoms with Gasteiger partial charge in [-0.15, -0.1) is 0 Å². The van der Waals surface area contributed by atoms with Crippen LogP contribution in [0.4, 0.5) is 5.95 Å². The van der Waals surface area contributed by atoms with Gasteiger partial charge in [-0.1, -0.05) is 68.4 Å². The van der Waals surface area contributed by atoms with Gasteiger partial charge in [0, 0.05) is 36.3 Å². The first kappa shape index (κ1) is 21.7. The van der Waals surface area contributed by atoms with Gasteiger partial charge < -0.3 is 4.90 Å². The predicted molar refractivity (Wildman–Crippen MR) is 132 cm³/mol. The normalized spacial score (nSPS) is 14.5. The SMILES string of the molecule is CC1(C)CN(CC(=O)c2ccc(-c3ccccc3)cc2)c2nc(-c3ccncn3)cc(=O)n2C1. The van der Waals surface area contributed by atoms with Crippen LogP contribution in [0.15, 0.2) is 84.0 Å². The van der Waals surface area contributed by atoms with Crippen molar-refractivity contribution in [1.82, 2.24) is 19.5 Å². The van der Waals surface area contributed by atoms with E-state index in [1.54, 1.807) is 16.8 Å². The molecule has 0 N–H and O–H groups in total. The van der Waals surface area contributed by atoms with Crippen LogP contribution in [0.5, 0.6) is 0 Å². The molecule has 0 spiro atoms. The Morgan fingerprint density at radius 3 is 2.38 bits per heavy atom. The van der Waals surface area contributed by atoms with Gasteiger partial charge in [0.1, 0.15) is 6.33 Å².